The van der Waals surface area contributed by atoms with Gasteiger partial charge in [-0.2, -0.15) is 0 Å². The predicted molar refractivity (Wildman–Crippen MR) is 72.5 cm³/mol. The summed E-state index contributed by atoms with van der Waals surface area (Å²) in [6.07, 6.45) is 4.13. The van der Waals surface area contributed by atoms with Crippen LogP contribution in [-0.2, 0) is 16.1 Å². The van der Waals surface area contributed by atoms with Gasteiger partial charge in [-0.1, -0.05) is 0 Å². The number of hydrogen-bond acceptors (Lipinski definition) is 4. The molecule has 0 atom stereocenters. The van der Waals surface area contributed by atoms with E-state index >= 15 is 0 Å². The largest absolute Gasteiger partial charge is 0.378 e. The molecule has 0 unspecified atom stereocenters. The Kier molecular flexibility index (Phi) is 3.47. The van der Waals surface area contributed by atoms with Gasteiger partial charge in [-0.05, 0) is 12.1 Å². The molecule has 3 heterocycles. The molecule has 1 fully saturated rings. The highest BCUT2D eigenvalue weighted by Crippen LogP contribution is 2.18. The molecule has 3 rings (SSSR count). The van der Waals surface area contributed by atoms with Gasteiger partial charge in [0.15, 0.2) is 6.29 Å². The Bertz CT molecular complexity index is 644. The molecular formula is C14H15N3O3. The third-order valence-corrected chi connectivity index (χ3v) is 3.46. The molecule has 6 nitrogen and oxygen atoms in total. The van der Waals surface area contributed by atoms with Crippen LogP contribution in [-0.4, -0.2) is 52.9 Å². The Morgan fingerprint density at radius 2 is 2.20 bits per heavy atom. The summed E-state index contributed by atoms with van der Waals surface area (Å²) in [6.45, 7) is 2.59. The summed E-state index contributed by atoms with van der Waals surface area (Å²) in [5, 5.41) is 0.775. The minimum absolute atomic E-state index is 0.0216. The van der Waals surface area contributed by atoms with Crippen molar-refractivity contribution in [2.45, 2.75) is 6.54 Å². The number of pyridine rings is 1. The van der Waals surface area contributed by atoms with Crippen LogP contribution in [0.4, 0.5) is 0 Å². The first kappa shape index (κ1) is 12.8. The van der Waals surface area contributed by atoms with Gasteiger partial charge in [0, 0.05) is 36.4 Å². The number of carbonyl (C=O) groups is 2. The van der Waals surface area contributed by atoms with Gasteiger partial charge in [-0.25, -0.2) is 4.98 Å². The fourth-order valence-electron chi connectivity index (χ4n) is 2.42. The van der Waals surface area contributed by atoms with Crippen molar-refractivity contribution in [1.29, 1.82) is 0 Å². The number of amides is 1. The second-order valence-corrected chi connectivity index (χ2v) is 4.70. The molecule has 0 aromatic carbocycles. The lowest BCUT2D eigenvalue weighted by Crippen LogP contribution is -2.42. The fraction of sp³-hybridized carbons (Fsp3) is 0.357. The average molecular weight is 273 g/mol. The molecule has 0 aliphatic carbocycles. The second-order valence-electron chi connectivity index (χ2n) is 4.70. The molecule has 1 amide bonds. The van der Waals surface area contributed by atoms with Crippen molar-refractivity contribution >= 4 is 23.2 Å². The van der Waals surface area contributed by atoms with E-state index in [1.165, 1.54) is 0 Å². The Morgan fingerprint density at radius 1 is 1.40 bits per heavy atom. The Hall–Kier alpha value is -2.21. The van der Waals surface area contributed by atoms with Crippen LogP contribution in [0.3, 0.4) is 0 Å². The number of fused-ring (bicyclic) bond motifs is 1. The summed E-state index contributed by atoms with van der Waals surface area (Å²) < 4.78 is 6.97. The molecule has 0 spiro atoms. The number of aldehydes is 1. The van der Waals surface area contributed by atoms with Crippen LogP contribution in [0.15, 0.2) is 24.5 Å². The summed E-state index contributed by atoms with van der Waals surface area (Å²) in [4.78, 5) is 29.3. The Balaban J connectivity index is 1.87. The van der Waals surface area contributed by atoms with Crippen molar-refractivity contribution in [3.05, 3.63) is 30.1 Å². The zero-order valence-electron chi connectivity index (χ0n) is 11.0. The van der Waals surface area contributed by atoms with E-state index in [9.17, 15) is 9.59 Å². The molecule has 0 radical (unpaired) electrons. The normalized spacial score (nSPS) is 15.5. The third kappa shape index (κ3) is 2.30. The minimum atomic E-state index is 0.0216. The molecule has 2 aromatic heterocycles. The summed E-state index contributed by atoms with van der Waals surface area (Å²) in [5.41, 5.74) is 1.22. The van der Waals surface area contributed by atoms with Gasteiger partial charge in [0.2, 0.25) is 5.91 Å². The van der Waals surface area contributed by atoms with Crippen LogP contribution in [0, 0.1) is 0 Å². The number of carbonyl (C=O) groups excluding carboxylic acids is 2. The maximum atomic E-state index is 12.2. The number of rotatable bonds is 3. The van der Waals surface area contributed by atoms with E-state index in [2.05, 4.69) is 4.98 Å². The third-order valence-electron chi connectivity index (χ3n) is 3.46. The standard InChI is InChI=1S/C14H15N3O3/c18-10-11-8-17(14-12(11)2-1-3-15-14)9-13(19)16-4-6-20-7-5-16/h1-3,8,10H,4-7,9H2. The smallest absolute Gasteiger partial charge is 0.242 e. The molecule has 2 aromatic rings. The Morgan fingerprint density at radius 3 is 2.95 bits per heavy atom. The van der Waals surface area contributed by atoms with Crippen molar-refractivity contribution in [3.63, 3.8) is 0 Å². The van der Waals surface area contributed by atoms with Gasteiger partial charge >= 0.3 is 0 Å². The molecule has 104 valence electrons. The molecule has 0 bridgehead atoms. The van der Waals surface area contributed by atoms with Crippen molar-refractivity contribution in [3.8, 4) is 0 Å². The summed E-state index contributed by atoms with van der Waals surface area (Å²) >= 11 is 0. The minimum Gasteiger partial charge on any atom is -0.378 e. The number of morpholine rings is 1. The number of nitrogens with zero attached hydrogens (tertiary/aromatic N) is 3. The number of ether oxygens (including phenoxy) is 1. The molecule has 1 aliphatic rings. The first-order valence-electron chi connectivity index (χ1n) is 6.54. The summed E-state index contributed by atoms with van der Waals surface area (Å²) in [5.74, 6) is 0.0216. The van der Waals surface area contributed by atoms with Crippen molar-refractivity contribution in [2.75, 3.05) is 26.3 Å². The first-order chi connectivity index (χ1) is 9.79. The maximum Gasteiger partial charge on any atom is 0.242 e. The molecule has 1 aliphatic heterocycles. The van der Waals surface area contributed by atoms with Gasteiger partial charge in [0.05, 0.1) is 13.2 Å². The van der Waals surface area contributed by atoms with Crippen molar-refractivity contribution in [2.24, 2.45) is 0 Å². The van der Waals surface area contributed by atoms with Crippen LogP contribution in [0.1, 0.15) is 10.4 Å². The maximum absolute atomic E-state index is 12.2. The van der Waals surface area contributed by atoms with Crippen LogP contribution >= 0.6 is 0 Å². The number of hydrogen-bond donors (Lipinski definition) is 0. The predicted octanol–water partition coefficient (Wildman–Crippen LogP) is 0.708. The molecular weight excluding hydrogens is 258 g/mol. The topological polar surface area (TPSA) is 64.4 Å². The van der Waals surface area contributed by atoms with Crippen LogP contribution in [0.2, 0.25) is 0 Å². The van der Waals surface area contributed by atoms with E-state index in [0.717, 1.165) is 11.7 Å². The second kappa shape index (κ2) is 5.42. The van der Waals surface area contributed by atoms with Gasteiger partial charge in [-0.3, -0.25) is 9.59 Å². The first-order valence-corrected chi connectivity index (χ1v) is 6.54. The van der Waals surface area contributed by atoms with E-state index in [4.69, 9.17) is 4.74 Å². The lowest BCUT2D eigenvalue weighted by molar-refractivity contribution is -0.135. The molecule has 20 heavy (non-hydrogen) atoms. The number of aromatic nitrogens is 2. The molecule has 6 heteroatoms. The van der Waals surface area contributed by atoms with E-state index in [-0.39, 0.29) is 12.5 Å². The zero-order valence-corrected chi connectivity index (χ0v) is 11.0. The monoisotopic (exact) mass is 273 g/mol. The van der Waals surface area contributed by atoms with E-state index in [0.29, 0.717) is 37.5 Å². The van der Waals surface area contributed by atoms with Gasteiger partial charge < -0.3 is 14.2 Å². The highest BCUT2D eigenvalue weighted by atomic mass is 16.5. The summed E-state index contributed by atoms with van der Waals surface area (Å²) in [6, 6.07) is 3.62. The van der Waals surface area contributed by atoms with E-state index < -0.39 is 0 Å². The van der Waals surface area contributed by atoms with Crippen LogP contribution < -0.4 is 0 Å². The van der Waals surface area contributed by atoms with Gasteiger partial charge in [0.1, 0.15) is 12.2 Å². The SMILES string of the molecule is O=Cc1cn(CC(=O)N2CCOCC2)c2ncccc12. The lowest BCUT2D eigenvalue weighted by atomic mass is 10.2. The highest BCUT2D eigenvalue weighted by molar-refractivity contribution is 5.96. The molecule has 0 saturated carbocycles. The lowest BCUT2D eigenvalue weighted by Gasteiger charge is -2.27. The Labute approximate surface area is 115 Å². The highest BCUT2D eigenvalue weighted by Gasteiger charge is 2.18. The van der Waals surface area contributed by atoms with E-state index in [1.54, 1.807) is 27.9 Å². The quantitative estimate of drug-likeness (QED) is 0.772. The zero-order chi connectivity index (χ0) is 13.9. The van der Waals surface area contributed by atoms with Gasteiger partial charge in [-0.15, -0.1) is 0 Å². The average Bonchev–Trinajstić information content (AvgIpc) is 2.86. The molecule has 1 saturated heterocycles. The van der Waals surface area contributed by atoms with Crippen LogP contribution in [0.25, 0.3) is 11.0 Å². The van der Waals surface area contributed by atoms with Gasteiger partial charge in [0.25, 0.3) is 0 Å². The van der Waals surface area contributed by atoms with Crippen molar-refractivity contribution in [1.82, 2.24) is 14.5 Å². The van der Waals surface area contributed by atoms with Crippen LogP contribution in [0.5, 0.6) is 0 Å². The molecule has 0 N–H and O–H groups in total. The van der Waals surface area contributed by atoms with Crippen molar-refractivity contribution < 1.29 is 14.3 Å². The van der Waals surface area contributed by atoms with E-state index in [1.807, 2.05) is 6.07 Å². The summed E-state index contributed by atoms with van der Waals surface area (Å²) in [7, 11) is 0. The fourth-order valence-corrected chi connectivity index (χ4v) is 2.42.